The monoisotopic (exact) mass is 298 g/mol. The largest absolute Gasteiger partial charge is 0.308 e. The molecule has 0 atom stereocenters. The molecule has 0 radical (unpaired) electrons. The molecule has 0 saturated heterocycles. The smallest absolute Gasteiger partial charge is 0.244 e. The Morgan fingerprint density at radius 2 is 2.21 bits per heavy atom. The number of aromatic nitrogens is 1. The minimum absolute atomic E-state index is 0.144. The van der Waals surface area contributed by atoms with Crippen molar-refractivity contribution in [3.63, 3.8) is 0 Å². The first-order valence-corrected chi connectivity index (χ1v) is 7.77. The molecule has 0 unspecified atom stereocenters. The molecule has 8 heteroatoms. The highest BCUT2D eigenvalue weighted by molar-refractivity contribution is 7.89. The van der Waals surface area contributed by atoms with Crippen LogP contribution in [0.1, 0.15) is 4.88 Å². The van der Waals surface area contributed by atoms with Crippen molar-refractivity contribution < 1.29 is 8.42 Å². The maximum absolute atomic E-state index is 12.3. The number of thiophene rings is 1. The van der Waals surface area contributed by atoms with E-state index in [2.05, 4.69) is 10.4 Å². The fraction of sp³-hybridized carbons (Fsp3) is 0.182. The normalized spacial score (nSPS) is 11.7. The first-order chi connectivity index (χ1) is 9.04. The number of sulfonamides is 1. The third kappa shape index (κ3) is 3.10. The lowest BCUT2D eigenvalue weighted by molar-refractivity contribution is 0.469. The topological polar surface area (TPSA) is 88.3 Å². The molecular weight excluding hydrogens is 284 g/mol. The Labute approximate surface area is 115 Å². The third-order valence-electron chi connectivity index (χ3n) is 2.55. The highest BCUT2D eigenvalue weighted by Gasteiger charge is 2.21. The Hall–Kier alpha value is -1.48. The van der Waals surface area contributed by atoms with Crippen molar-refractivity contribution in [1.82, 2.24) is 9.29 Å². The molecule has 102 valence electrons. The van der Waals surface area contributed by atoms with Gasteiger partial charge in [0.2, 0.25) is 10.0 Å². The molecular formula is C11H14N4O2S2. The van der Waals surface area contributed by atoms with Crippen LogP contribution in [0.4, 0.5) is 5.82 Å². The average molecular weight is 298 g/mol. The predicted octanol–water partition coefficient (Wildman–Crippen LogP) is 1.25. The van der Waals surface area contributed by atoms with Gasteiger partial charge in [-0.15, -0.1) is 11.3 Å². The summed E-state index contributed by atoms with van der Waals surface area (Å²) in [5, 5.41) is 1.92. The minimum atomic E-state index is -3.53. The summed E-state index contributed by atoms with van der Waals surface area (Å²) in [6.45, 7) is 0.344. The van der Waals surface area contributed by atoms with E-state index in [1.54, 1.807) is 7.05 Å². The van der Waals surface area contributed by atoms with Crippen molar-refractivity contribution in [3.05, 3.63) is 40.7 Å². The van der Waals surface area contributed by atoms with Gasteiger partial charge in [-0.2, -0.15) is 4.31 Å². The van der Waals surface area contributed by atoms with Crippen molar-refractivity contribution in [2.75, 3.05) is 12.5 Å². The second kappa shape index (κ2) is 5.66. The van der Waals surface area contributed by atoms with Crippen LogP contribution in [0.15, 0.2) is 40.7 Å². The third-order valence-corrected chi connectivity index (χ3v) is 5.20. The Bertz CT molecular complexity index is 623. The quantitative estimate of drug-likeness (QED) is 0.640. The van der Waals surface area contributed by atoms with Crippen LogP contribution in [0.2, 0.25) is 0 Å². The summed E-state index contributed by atoms with van der Waals surface area (Å²) in [7, 11) is -1.99. The number of nitrogens with one attached hydrogen (secondary N) is 1. The van der Waals surface area contributed by atoms with Crippen molar-refractivity contribution in [3.8, 4) is 0 Å². The van der Waals surface area contributed by atoms with Crippen LogP contribution in [0, 0.1) is 0 Å². The molecule has 2 heterocycles. The van der Waals surface area contributed by atoms with Gasteiger partial charge < -0.3 is 5.43 Å². The van der Waals surface area contributed by atoms with Gasteiger partial charge in [0.25, 0.3) is 0 Å². The first-order valence-electron chi connectivity index (χ1n) is 5.45. The average Bonchev–Trinajstić information content (AvgIpc) is 2.91. The van der Waals surface area contributed by atoms with Gasteiger partial charge in [0.1, 0.15) is 10.7 Å². The van der Waals surface area contributed by atoms with Crippen LogP contribution in [-0.4, -0.2) is 24.8 Å². The molecule has 0 spiro atoms. The van der Waals surface area contributed by atoms with E-state index in [0.717, 1.165) is 4.88 Å². The Morgan fingerprint density at radius 3 is 2.74 bits per heavy atom. The molecule has 0 aromatic carbocycles. The molecule has 0 aliphatic carbocycles. The number of hydrogen-bond acceptors (Lipinski definition) is 6. The van der Waals surface area contributed by atoms with Crippen molar-refractivity contribution >= 4 is 27.2 Å². The van der Waals surface area contributed by atoms with Gasteiger partial charge >= 0.3 is 0 Å². The summed E-state index contributed by atoms with van der Waals surface area (Å²) in [6.07, 6.45) is 1.29. The lowest BCUT2D eigenvalue weighted by Crippen LogP contribution is -2.26. The van der Waals surface area contributed by atoms with Gasteiger partial charge in [-0.1, -0.05) is 6.07 Å². The van der Waals surface area contributed by atoms with Crippen LogP contribution < -0.4 is 11.3 Å². The molecule has 0 saturated carbocycles. The summed E-state index contributed by atoms with van der Waals surface area (Å²) < 4.78 is 25.9. The fourth-order valence-corrected chi connectivity index (χ4v) is 3.44. The summed E-state index contributed by atoms with van der Waals surface area (Å²) in [5.41, 5.74) is 2.35. The number of hydrazine groups is 1. The number of rotatable bonds is 5. The van der Waals surface area contributed by atoms with Crippen LogP contribution in [0.5, 0.6) is 0 Å². The number of pyridine rings is 1. The second-order valence-corrected chi connectivity index (χ2v) is 6.94. The van der Waals surface area contributed by atoms with Crippen molar-refractivity contribution in [1.29, 1.82) is 0 Å². The Morgan fingerprint density at radius 1 is 1.42 bits per heavy atom. The zero-order chi connectivity index (χ0) is 13.9. The van der Waals surface area contributed by atoms with E-state index in [1.807, 2.05) is 17.5 Å². The summed E-state index contributed by atoms with van der Waals surface area (Å²) in [4.78, 5) is 5.03. The van der Waals surface area contributed by atoms with E-state index < -0.39 is 10.0 Å². The number of hydrogen-bond donors (Lipinski definition) is 2. The van der Waals surface area contributed by atoms with E-state index in [1.165, 1.54) is 34.0 Å². The SMILES string of the molecule is CN(Cc1cccs1)S(=O)(=O)c1ccc(NN)nc1. The molecule has 2 rings (SSSR count). The van der Waals surface area contributed by atoms with Crippen molar-refractivity contribution in [2.45, 2.75) is 11.4 Å². The first kappa shape index (κ1) is 13.9. The van der Waals surface area contributed by atoms with Crippen LogP contribution in [0.25, 0.3) is 0 Å². The minimum Gasteiger partial charge on any atom is -0.308 e. The molecule has 0 amide bonds. The number of nitrogens with zero attached hydrogens (tertiary/aromatic N) is 2. The summed E-state index contributed by atoms with van der Waals surface area (Å²) in [6, 6.07) is 6.79. The second-order valence-electron chi connectivity index (χ2n) is 3.86. The Kier molecular flexibility index (Phi) is 4.15. The van der Waals surface area contributed by atoms with Gasteiger partial charge in [0, 0.05) is 24.7 Å². The predicted molar refractivity (Wildman–Crippen MR) is 75.0 cm³/mol. The molecule has 19 heavy (non-hydrogen) atoms. The van der Waals surface area contributed by atoms with Gasteiger partial charge in [0.05, 0.1) is 0 Å². The van der Waals surface area contributed by atoms with E-state index >= 15 is 0 Å². The van der Waals surface area contributed by atoms with Gasteiger partial charge in [-0.05, 0) is 23.6 Å². The lowest BCUT2D eigenvalue weighted by atomic mass is 10.5. The van der Waals surface area contributed by atoms with Gasteiger partial charge in [0.15, 0.2) is 0 Å². The molecule has 0 fully saturated rings. The maximum atomic E-state index is 12.3. The molecule has 0 aliphatic heterocycles. The zero-order valence-electron chi connectivity index (χ0n) is 10.3. The van der Waals surface area contributed by atoms with Crippen molar-refractivity contribution in [2.24, 2.45) is 5.84 Å². The Balaban J connectivity index is 2.20. The summed E-state index contributed by atoms with van der Waals surface area (Å²) >= 11 is 1.52. The van der Waals surface area contributed by atoms with Gasteiger partial charge in [-0.3, -0.25) is 0 Å². The lowest BCUT2D eigenvalue weighted by Gasteiger charge is -2.16. The van der Waals surface area contributed by atoms with Gasteiger partial charge in [-0.25, -0.2) is 19.2 Å². The van der Waals surface area contributed by atoms with E-state index in [-0.39, 0.29) is 4.90 Å². The molecule has 0 aliphatic rings. The fourth-order valence-electron chi connectivity index (χ4n) is 1.51. The van der Waals surface area contributed by atoms with E-state index in [9.17, 15) is 8.42 Å². The standard InChI is InChI=1S/C11H14N4O2S2/c1-15(8-9-3-2-6-18-9)19(16,17)10-4-5-11(14-12)13-7-10/h2-7H,8,12H2,1H3,(H,13,14). The zero-order valence-corrected chi connectivity index (χ0v) is 11.9. The van der Waals surface area contributed by atoms with Crippen LogP contribution >= 0.6 is 11.3 Å². The van der Waals surface area contributed by atoms with E-state index in [0.29, 0.717) is 12.4 Å². The number of nitrogens with two attached hydrogens (primary N) is 1. The highest BCUT2D eigenvalue weighted by atomic mass is 32.2. The van der Waals surface area contributed by atoms with E-state index in [4.69, 9.17) is 5.84 Å². The van der Waals surface area contributed by atoms with Crippen LogP contribution in [0.3, 0.4) is 0 Å². The summed E-state index contributed by atoms with van der Waals surface area (Å²) in [5.74, 6) is 5.60. The number of anilines is 1. The van der Waals surface area contributed by atoms with Crippen LogP contribution in [-0.2, 0) is 16.6 Å². The molecule has 2 aromatic rings. The number of nitrogen functional groups attached to an aromatic ring is 1. The molecule has 2 aromatic heterocycles. The molecule has 6 nitrogen and oxygen atoms in total. The molecule has 3 N–H and O–H groups in total. The molecule has 0 bridgehead atoms. The maximum Gasteiger partial charge on any atom is 0.244 e. The highest BCUT2D eigenvalue weighted by Crippen LogP contribution is 2.19.